The number of halogens is 2. The minimum Gasteiger partial charge on any atom is -0.496 e. The standard InChI is InChI=1S/C15H10BrClN2O2S/c1-21-13-6-8-11(7-9(13)16)18-15(22)19(14(8)20)12-5-3-2-4-10(12)17/h2-7H,1H3,(H,18,22). The molecule has 22 heavy (non-hydrogen) atoms. The zero-order valence-corrected chi connectivity index (χ0v) is 14.6. The van der Waals surface area contributed by atoms with Crippen molar-refractivity contribution in [3.8, 4) is 11.4 Å². The molecule has 7 heteroatoms. The van der Waals surface area contributed by atoms with Crippen LogP contribution in [0.5, 0.6) is 5.75 Å². The summed E-state index contributed by atoms with van der Waals surface area (Å²) in [5, 5.41) is 0.918. The summed E-state index contributed by atoms with van der Waals surface area (Å²) in [6.45, 7) is 0. The van der Waals surface area contributed by atoms with Crippen LogP contribution in [0.25, 0.3) is 16.6 Å². The molecular formula is C15H10BrClN2O2S. The molecule has 0 aliphatic carbocycles. The van der Waals surface area contributed by atoms with Gasteiger partial charge in [0.2, 0.25) is 0 Å². The smallest absolute Gasteiger partial charge is 0.266 e. The molecule has 0 saturated carbocycles. The third kappa shape index (κ3) is 2.47. The Kier molecular flexibility index (Phi) is 4.08. The molecule has 0 saturated heterocycles. The molecule has 0 fully saturated rings. The van der Waals surface area contributed by atoms with Crippen molar-refractivity contribution in [3.63, 3.8) is 0 Å². The summed E-state index contributed by atoms with van der Waals surface area (Å²) in [6.07, 6.45) is 0. The number of hydrogen-bond acceptors (Lipinski definition) is 3. The molecule has 1 aromatic heterocycles. The van der Waals surface area contributed by atoms with E-state index in [4.69, 9.17) is 28.6 Å². The SMILES string of the molecule is COc1cc2c(=O)n(-c3ccccc3Cl)c(=S)[nH]c2cc1Br. The maximum absolute atomic E-state index is 12.8. The molecule has 0 spiro atoms. The summed E-state index contributed by atoms with van der Waals surface area (Å²) in [5.41, 5.74) is 0.919. The Morgan fingerprint density at radius 2 is 2.05 bits per heavy atom. The minimum absolute atomic E-state index is 0.252. The average Bonchev–Trinajstić information content (AvgIpc) is 2.48. The van der Waals surface area contributed by atoms with E-state index in [0.717, 1.165) is 4.47 Å². The Hall–Kier alpha value is -1.63. The summed E-state index contributed by atoms with van der Waals surface area (Å²) in [5.74, 6) is 0.570. The van der Waals surface area contributed by atoms with Gasteiger partial charge in [-0.25, -0.2) is 0 Å². The van der Waals surface area contributed by atoms with Crippen LogP contribution in [-0.2, 0) is 0 Å². The quantitative estimate of drug-likeness (QED) is 0.649. The lowest BCUT2D eigenvalue weighted by Gasteiger charge is -2.11. The summed E-state index contributed by atoms with van der Waals surface area (Å²) < 4.78 is 7.65. The van der Waals surface area contributed by atoms with E-state index in [2.05, 4.69) is 20.9 Å². The van der Waals surface area contributed by atoms with Crippen molar-refractivity contribution in [2.75, 3.05) is 7.11 Å². The molecular weight excluding hydrogens is 388 g/mol. The maximum atomic E-state index is 12.8. The van der Waals surface area contributed by atoms with Gasteiger partial charge >= 0.3 is 0 Å². The van der Waals surface area contributed by atoms with E-state index in [-0.39, 0.29) is 10.3 Å². The van der Waals surface area contributed by atoms with E-state index in [1.54, 1.807) is 43.5 Å². The zero-order valence-electron chi connectivity index (χ0n) is 11.4. The van der Waals surface area contributed by atoms with Crippen LogP contribution in [0.4, 0.5) is 0 Å². The second kappa shape index (κ2) is 5.87. The van der Waals surface area contributed by atoms with Gasteiger partial charge in [0.15, 0.2) is 4.77 Å². The van der Waals surface area contributed by atoms with Gasteiger partial charge in [-0.15, -0.1) is 0 Å². The van der Waals surface area contributed by atoms with Gasteiger partial charge in [-0.2, -0.15) is 0 Å². The van der Waals surface area contributed by atoms with Crippen molar-refractivity contribution in [2.45, 2.75) is 0 Å². The van der Waals surface area contributed by atoms with E-state index in [0.29, 0.717) is 27.4 Å². The van der Waals surface area contributed by atoms with Crippen molar-refractivity contribution >= 4 is 50.7 Å². The fourth-order valence-corrected chi connectivity index (χ4v) is 3.24. The first-order chi connectivity index (χ1) is 10.5. The van der Waals surface area contributed by atoms with Gasteiger partial charge in [0.25, 0.3) is 5.56 Å². The van der Waals surface area contributed by atoms with Crippen molar-refractivity contribution in [1.29, 1.82) is 0 Å². The molecule has 0 aliphatic rings. The molecule has 112 valence electrons. The topological polar surface area (TPSA) is 47.0 Å². The Balaban J connectivity index is 2.43. The van der Waals surface area contributed by atoms with E-state index in [1.165, 1.54) is 4.57 Å². The molecule has 0 amide bonds. The molecule has 3 rings (SSSR count). The van der Waals surface area contributed by atoms with Crippen LogP contribution in [0.1, 0.15) is 0 Å². The van der Waals surface area contributed by atoms with Gasteiger partial charge in [0, 0.05) is 0 Å². The van der Waals surface area contributed by atoms with Crippen LogP contribution >= 0.6 is 39.7 Å². The lowest BCUT2D eigenvalue weighted by molar-refractivity contribution is 0.412. The number of hydrogen-bond donors (Lipinski definition) is 1. The first-order valence-electron chi connectivity index (χ1n) is 6.30. The molecule has 2 aromatic carbocycles. The predicted octanol–water partition coefficient (Wildman–Crippen LogP) is 4.47. The largest absolute Gasteiger partial charge is 0.496 e. The summed E-state index contributed by atoms with van der Waals surface area (Å²) in [4.78, 5) is 15.9. The lowest BCUT2D eigenvalue weighted by atomic mass is 10.2. The second-order valence-corrected chi connectivity index (χ2v) is 6.20. The highest BCUT2D eigenvalue weighted by molar-refractivity contribution is 9.10. The maximum Gasteiger partial charge on any atom is 0.266 e. The highest BCUT2D eigenvalue weighted by Gasteiger charge is 2.12. The van der Waals surface area contributed by atoms with E-state index >= 15 is 0 Å². The highest BCUT2D eigenvalue weighted by atomic mass is 79.9. The first-order valence-corrected chi connectivity index (χ1v) is 7.88. The summed E-state index contributed by atoms with van der Waals surface area (Å²) in [7, 11) is 1.55. The van der Waals surface area contributed by atoms with Crippen LogP contribution in [0.3, 0.4) is 0 Å². The van der Waals surface area contributed by atoms with Crippen LogP contribution in [0, 0.1) is 4.77 Å². The van der Waals surface area contributed by atoms with Crippen LogP contribution in [0.2, 0.25) is 5.02 Å². The van der Waals surface area contributed by atoms with Gasteiger partial charge in [0.05, 0.1) is 33.2 Å². The van der Waals surface area contributed by atoms with Crippen molar-refractivity contribution < 1.29 is 4.74 Å². The van der Waals surface area contributed by atoms with Gasteiger partial charge in [-0.1, -0.05) is 23.7 Å². The van der Waals surface area contributed by atoms with Crippen molar-refractivity contribution in [1.82, 2.24) is 9.55 Å². The zero-order chi connectivity index (χ0) is 15.9. The van der Waals surface area contributed by atoms with Gasteiger partial charge in [-0.3, -0.25) is 9.36 Å². The predicted molar refractivity (Wildman–Crippen MR) is 94.0 cm³/mol. The van der Waals surface area contributed by atoms with Crippen LogP contribution in [0.15, 0.2) is 45.7 Å². The normalized spacial score (nSPS) is 10.9. The summed E-state index contributed by atoms with van der Waals surface area (Å²) in [6, 6.07) is 10.5. The third-order valence-corrected chi connectivity index (χ3v) is 4.49. The lowest BCUT2D eigenvalue weighted by Crippen LogP contribution is -2.20. The number of aromatic amines is 1. The number of aromatic nitrogens is 2. The first kappa shape index (κ1) is 15.3. The Labute approximate surface area is 144 Å². The molecule has 0 atom stereocenters. The highest BCUT2D eigenvalue weighted by Crippen LogP contribution is 2.28. The number of ether oxygens (including phenoxy) is 1. The Bertz CT molecular complexity index is 997. The molecule has 0 radical (unpaired) electrons. The van der Waals surface area contributed by atoms with Crippen molar-refractivity contribution in [3.05, 3.63) is 61.0 Å². The number of methoxy groups -OCH3 is 1. The number of para-hydroxylation sites is 1. The third-order valence-electron chi connectivity index (χ3n) is 3.26. The number of fused-ring (bicyclic) bond motifs is 1. The minimum atomic E-state index is -0.252. The van der Waals surface area contributed by atoms with E-state index < -0.39 is 0 Å². The number of rotatable bonds is 2. The molecule has 1 N–H and O–H groups in total. The van der Waals surface area contributed by atoms with Crippen LogP contribution in [-0.4, -0.2) is 16.7 Å². The van der Waals surface area contributed by atoms with Gasteiger partial charge in [-0.05, 0) is 52.4 Å². The molecule has 1 heterocycles. The molecule has 3 aromatic rings. The average molecular weight is 398 g/mol. The summed E-state index contributed by atoms with van der Waals surface area (Å²) >= 11 is 14.9. The van der Waals surface area contributed by atoms with Crippen molar-refractivity contribution in [2.24, 2.45) is 0 Å². The monoisotopic (exact) mass is 396 g/mol. The molecule has 0 bridgehead atoms. The van der Waals surface area contributed by atoms with Crippen LogP contribution < -0.4 is 10.3 Å². The van der Waals surface area contributed by atoms with E-state index in [1.807, 2.05) is 0 Å². The Morgan fingerprint density at radius 1 is 1.32 bits per heavy atom. The number of nitrogens with zero attached hydrogens (tertiary/aromatic N) is 1. The fourth-order valence-electron chi connectivity index (χ4n) is 2.23. The number of H-pyrrole nitrogens is 1. The number of benzene rings is 2. The van der Waals surface area contributed by atoms with E-state index in [9.17, 15) is 4.79 Å². The van der Waals surface area contributed by atoms with Gasteiger partial charge < -0.3 is 9.72 Å². The Morgan fingerprint density at radius 3 is 2.73 bits per heavy atom. The number of nitrogens with one attached hydrogen (secondary N) is 1. The van der Waals surface area contributed by atoms with Gasteiger partial charge in [0.1, 0.15) is 5.75 Å². The fraction of sp³-hybridized carbons (Fsp3) is 0.0667. The second-order valence-electron chi connectivity index (χ2n) is 4.55. The molecule has 0 unspecified atom stereocenters. The molecule has 4 nitrogen and oxygen atoms in total. The molecule has 0 aliphatic heterocycles.